The number of ketones is 1. The van der Waals surface area contributed by atoms with Crippen molar-refractivity contribution >= 4 is 11.7 Å². The summed E-state index contributed by atoms with van der Waals surface area (Å²) >= 11 is 0. The summed E-state index contributed by atoms with van der Waals surface area (Å²) in [5.74, 6) is 0.658. The van der Waals surface area contributed by atoms with Gasteiger partial charge in [0.15, 0.2) is 0 Å². The monoisotopic (exact) mass is 266 g/mol. The lowest BCUT2D eigenvalue weighted by Gasteiger charge is -2.24. The van der Waals surface area contributed by atoms with Gasteiger partial charge in [0.1, 0.15) is 11.6 Å². The van der Waals surface area contributed by atoms with E-state index in [-0.39, 0.29) is 29.2 Å². The van der Waals surface area contributed by atoms with Crippen LogP contribution in [0.25, 0.3) is 0 Å². The van der Waals surface area contributed by atoms with Crippen molar-refractivity contribution < 1.29 is 9.59 Å². The SMILES string of the molecule is CC1CC(C(=O)NCCc2n[nH]c(=O)[nH]2)CCC1=O. The molecule has 1 aromatic heterocycles. The minimum absolute atomic E-state index is 0.0165. The first-order chi connectivity index (χ1) is 9.06. The van der Waals surface area contributed by atoms with Crippen molar-refractivity contribution in [2.45, 2.75) is 32.6 Å². The molecule has 2 unspecified atom stereocenters. The molecular formula is C12H18N4O3. The van der Waals surface area contributed by atoms with E-state index in [9.17, 15) is 14.4 Å². The molecule has 1 fully saturated rings. The van der Waals surface area contributed by atoms with E-state index in [1.165, 1.54) is 0 Å². The minimum Gasteiger partial charge on any atom is -0.355 e. The van der Waals surface area contributed by atoms with Crippen molar-refractivity contribution in [3.8, 4) is 0 Å². The molecule has 1 aromatic rings. The fraction of sp³-hybridized carbons (Fsp3) is 0.667. The van der Waals surface area contributed by atoms with Gasteiger partial charge in [-0.3, -0.25) is 14.6 Å². The molecule has 0 aromatic carbocycles. The highest BCUT2D eigenvalue weighted by atomic mass is 16.2. The quantitative estimate of drug-likeness (QED) is 0.699. The zero-order valence-electron chi connectivity index (χ0n) is 10.9. The van der Waals surface area contributed by atoms with Gasteiger partial charge in [-0.2, -0.15) is 5.10 Å². The molecule has 2 atom stereocenters. The number of carbonyl (C=O) groups is 2. The molecule has 0 saturated heterocycles. The number of nitrogens with one attached hydrogen (secondary N) is 3. The van der Waals surface area contributed by atoms with Crippen molar-refractivity contribution in [1.82, 2.24) is 20.5 Å². The average molecular weight is 266 g/mol. The van der Waals surface area contributed by atoms with E-state index in [4.69, 9.17) is 0 Å². The topological polar surface area (TPSA) is 108 Å². The second kappa shape index (κ2) is 5.81. The summed E-state index contributed by atoms with van der Waals surface area (Å²) in [6, 6.07) is 0. The van der Waals surface area contributed by atoms with Gasteiger partial charge in [-0.05, 0) is 12.8 Å². The Balaban J connectivity index is 1.75. The van der Waals surface area contributed by atoms with Crippen LogP contribution in [0.3, 0.4) is 0 Å². The first-order valence-electron chi connectivity index (χ1n) is 6.50. The number of H-pyrrole nitrogens is 2. The summed E-state index contributed by atoms with van der Waals surface area (Å²) in [5.41, 5.74) is -0.346. The molecule has 1 aliphatic rings. The number of aromatic nitrogens is 3. The lowest BCUT2D eigenvalue weighted by Crippen LogP contribution is -2.36. The van der Waals surface area contributed by atoms with E-state index in [1.54, 1.807) is 0 Å². The summed E-state index contributed by atoms with van der Waals surface area (Å²) < 4.78 is 0. The third-order valence-corrected chi connectivity index (χ3v) is 3.51. The van der Waals surface area contributed by atoms with Gasteiger partial charge in [0, 0.05) is 31.2 Å². The van der Waals surface area contributed by atoms with Gasteiger partial charge in [0.05, 0.1) is 0 Å². The lowest BCUT2D eigenvalue weighted by atomic mass is 9.81. The number of hydrogen-bond donors (Lipinski definition) is 3. The smallest absolute Gasteiger partial charge is 0.340 e. The zero-order valence-corrected chi connectivity index (χ0v) is 10.9. The van der Waals surface area contributed by atoms with Crippen LogP contribution in [-0.4, -0.2) is 33.4 Å². The average Bonchev–Trinajstić information content (AvgIpc) is 2.78. The van der Waals surface area contributed by atoms with E-state index >= 15 is 0 Å². The molecule has 0 bridgehead atoms. The van der Waals surface area contributed by atoms with E-state index in [1.807, 2.05) is 6.92 Å². The number of carbonyl (C=O) groups excluding carboxylic acids is 2. The zero-order chi connectivity index (χ0) is 13.8. The molecule has 19 heavy (non-hydrogen) atoms. The van der Waals surface area contributed by atoms with Gasteiger partial charge < -0.3 is 5.32 Å². The highest BCUT2D eigenvalue weighted by Crippen LogP contribution is 2.26. The molecule has 7 nitrogen and oxygen atoms in total. The third kappa shape index (κ3) is 3.52. The Hall–Kier alpha value is -1.92. The Labute approximate surface area is 110 Å². The summed E-state index contributed by atoms with van der Waals surface area (Å²) in [6.45, 7) is 2.30. The van der Waals surface area contributed by atoms with Gasteiger partial charge >= 0.3 is 5.69 Å². The molecule has 0 radical (unpaired) electrons. The van der Waals surface area contributed by atoms with E-state index < -0.39 is 0 Å². The largest absolute Gasteiger partial charge is 0.355 e. The van der Waals surface area contributed by atoms with Crippen molar-refractivity contribution in [3.63, 3.8) is 0 Å². The Morgan fingerprint density at radius 2 is 2.26 bits per heavy atom. The number of hydrogen-bond acceptors (Lipinski definition) is 4. The highest BCUT2D eigenvalue weighted by molar-refractivity contribution is 5.85. The van der Waals surface area contributed by atoms with Crippen LogP contribution < -0.4 is 11.0 Å². The lowest BCUT2D eigenvalue weighted by molar-refractivity contribution is -0.130. The van der Waals surface area contributed by atoms with Gasteiger partial charge in [0.25, 0.3) is 0 Å². The molecule has 1 heterocycles. The first kappa shape index (κ1) is 13.5. The number of aromatic amines is 2. The van der Waals surface area contributed by atoms with Gasteiger partial charge in [-0.15, -0.1) is 0 Å². The molecule has 0 spiro atoms. The second-order valence-corrected chi connectivity index (χ2v) is 5.00. The fourth-order valence-corrected chi connectivity index (χ4v) is 2.35. The van der Waals surface area contributed by atoms with Crippen LogP contribution in [0.4, 0.5) is 0 Å². The fourth-order valence-electron chi connectivity index (χ4n) is 2.35. The minimum atomic E-state index is -0.346. The first-order valence-corrected chi connectivity index (χ1v) is 6.50. The molecule has 7 heteroatoms. The number of rotatable bonds is 4. The van der Waals surface area contributed by atoms with Crippen LogP contribution >= 0.6 is 0 Å². The van der Waals surface area contributed by atoms with Gasteiger partial charge in [0.2, 0.25) is 5.91 Å². The van der Waals surface area contributed by atoms with Crippen LogP contribution in [0.15, 0.2) is 4.79 Å². The van der Waals surface area contributed by atoms with Crippen LogP contribution in [0, 0.1) is 11.8 Å². The van der Waals surface area contributed by atoms with E-state index in [0.717, 1.165) is 0 Å². The Bertz CT molecular complexity index is 519. The maximum absolute atomic E-state index is 11.9. The molecule has 104 valence electrons. The molecule has 0 aliphatic heterocycles. The maximum Gasteiger partial charge on any atom is 0.340 e. The standard InChI is InChI=1S/C12H18N4O3/c1-7-6-8(2-3-9(7)17)11(18)13-5-4-10-14-12(19)16-15-10/h7-8H,2-6H2,1H3,(H,13,18)(H2,14,15,16,19). The number of nitrogens with zero attached hydrogens (tertiary/aromatic N) is 1. The molecule has 1 amide bonds. The molecule has 2 rings (SSSR count). The summed E-state index contributed by atoms with van der Waals surface area (Å²) in [4.78, 5) is 36.6. The second-order valence-electron chi connectivity index (χ2n) is 5.00. The van der Waals surface area contributed by atoms with Crippen molar-refractivity contribution in [2.75, 3.05) is 6.54 Å². The number of amides is 1. The van der Waals surface area contributed by atoms with Crippen molar-refractivity contribution in [3.05, 3.63) is 16.3 Å². The molecular weight excluding hydrogens is 248 g/mol. The Morgan fingerprint density at radius 3 is 2.89 bits per heavy atom. The van der Waals surface area contributed by atoms with E-state index in [0.29, 0.717) is 38.1 Å². The third-order valence-electron chi connectivity index (χ3n) is 3.51. The summed E-state index contributed by atoms with van der Waals surface area (Å²) in [7, 11) is 0. The van der Waals surface area contributed by atoms with E-state index in [2.05, 4.69) is 20.5 Å². The Kier molecular flexibility index (Phi) is 4.13. The molecule has 1 aliphatic carbocycles. The summed E-state index contributed by atoms with van der Waals surface area (Å²) in [5, 5.41) is 8.85. The predicted molar refractivity (Wildman–Crippen MR) is 67.4 cm³/mol. The van der Waals surface area contributed by atoms with Crippen LogP contribution in [0.5, 0.6) is 0 Å². The van der Waals surface area contributed by atoms with Crippen molar-refractivity contribution in [1.29, 1.82) is 0 Å². The van der Waals surface area contributed by atoms with Gasteiger partial charge in [-0.25, -0.2) is 9.89 Å². The van der Waals surface area contributed by atoms with Crippen LogP contribution in [0.1, 0.15) is 32.0 Å². The van der Waals surface area contributed by atoms with Gasteiger partial charge in [-0.1, -0.05) is 6.92 Å². The van der Waals surface area contributed by atoms with Crippen molar-refractivity contribution in [2.24, 2.45) is 11.8 Å². The maximum atomic E-state index is 11.9. The van der Waals surface area contributed by atoms with Crippen LogP contribution in [-0.2, 0) is 16.0 Å². The predicted octanol–water partition coefficient (Wildman–Crippen LogP) is -0.238. The molecule has 1 saturated carbocycles. The summed E-state index contributed by atoms with van der Waals surface area (Å²) in [6.07, 6.45) is 2.23. The Morgan fingerprint density at radius 1 is 1.47 bits per heavy atom. The van der Waals surface area contributed by atoms with Crippen LogP contribution in [0.2, 0.25) is 0 Å². The highest BCUT2D eigenvalue weighted by Gasteiger charge is 2.29. The molecule has 3 N–H and O–H groups in total. The normalized spacial score (nSPS) is 23.3. The number of Topliss-reactive ketones (excluding diaryl/α,β-unsaturated/α-hetero) is 1.